The average Bonchev–Trinajstić information content (AvgIpc) is 2.65. The van der Waals surface area contributed by atoms with Gasteiger partial charge in [-0.15, -0.1) is 0 Å². The van der Waals surface area contributed by atoms with Crippen LogP contribution in [0.15, 0.2) is 28.9 Å². The summed E-state index contributed by atoms with van der Waals surface area (Å²) in [7, 11) is 1.69. The van der Waals surface area contributed by atoms with Crippen LogP contribution in [0.1, 0.15) is 15.9 Å². The molecule has 0 aliphatic carbocycles. The Kier molecular flexibility index (Phi) is 3.38. The van der Waals surface area contributed by atoms with Crippen molar-refractivity contribution >= 4 is 33.3 Å². The molecule has 0 atom stereocenters. The van der Waals surface area contributed by atoms with Crippen molar-refractivity contribution in [2.45, 2.75) is 6.92 Å². The topological polar surface area (TPSA) is 72.9 Å². The van der Waals surface area contributed by atoms with E-state index in [0.29, 0.717) is 17.1 Å². The van der Waals surface area contributed by atoms with E-state index in [-0.39, 0.29) is 5.91 Å². The van der Waals surface area contributed by atoms with Crippen LogP contribution in [-0.2, 0) is 7.05 Å². The van der Waals surface area contributed by atoms with Crippen LogP contribution < -0.4 is 11.1 Å². The molecule has 1 heterocycles. The Morgan fingerprint density at radius 1 is 1.50 bits per heavy atom. The Morgan fingerprint density at radius 2 is 2.22 bits per heavy atom. The van der Waals surface area contributed by atoms with Crippen molar-refractivity contribution in [3.8, 4) is 0 Å². The maximum atomic E-state index is 12.0. The number of aromatic nitrogens is 2. The maximum absolute atomic E-state index is 12.0. The van der Waals surface area contributed by atoms with Crippen molar-refractivity contribution in [1.29, 1.82) is 0 Å². The molecule has 5 nitrogen and oxygen atoms in total. The van der Waals surface area contributed by atoms with Gasteiger partial charge >= 0.3 is 0 Å². The van der Waals surface area contributed by atoms with Crippen molar-refractivity contribution < 1.29 is 4.79 Å². The van der Waals surface area contributed by atoms with E-state index in [1.165, 1.54) is 10.9 Å². The first-order valence-electron chi connectivity index (χ1n) is 5.34. The molecule has 6 heteroatoms. The van der Waals surface area contributed by atoms with Gasteiger partial charge < -0.3 is 11.1 Å². The molecule has 0 fully saturated rings. The van der Waals surface area contributed by atoms with Crippen molar-refractivity contribution in [2.24, 2.45) is 7.05 Å². The van der Waals surface area contributed by atoms with Crippen molar-refractivity contribution in [2.75, 3.05) is 11.1 Å². The minimum atomic E-state index is -0.267. The molecular formula is C12H13BrN4O. The molecule has 0 aliphatic heterocycles. The van der Waals surface area contributed by atoms with Gasteiger partial charge in [-0.05, 0) is 24.6 Å². The summed E-state index contributed by atoms with van der Waals surface area (Å²) in [4.78, 5) is 12.0. The van der Waals surface area contributed by atoms with Crippen LogP contribution in [0.25, 0.3) is 0 Å². The fourth-order valence-corrected chi connectivity index (χ4v) is 1.87. The molecule has 18 heavy (non-hydrogen) atoms. The van der Waals surface area contributed by atoms with E-state index in [2.05, 4.69) is 26.3 Å². The molecule has 0 aliphatic rings. The lowest BCUT2D eigenvalue weighted by Crippen LogP contribution is -2.13. The van der Waals surface area contributed by atoms with Gasteiger partial charge in [0.15, 0.2) is 0 Å². The Bertz CT molecular complexity index is 606. The number of nitrogen functional groups attached to an aromatic ring is 1. The molecule has 0 radical (unpaired) electrons. The molecule has 2 aromatic rings. The number of carbonyl (C=O) groups excluding carboxylic acids is 1. The zero-order valence-corrected chi connectivity index (χ0v) is 11.7. The third kappa shape index (κ3) is 2.38. The molecule has 3 N–H and O–H groups in total. The average molecular weight is 309 g/mol. The van der Waals surface area contributed by atoms with Crippen LogP contribution in [-0.4, -0.2) is 15.7 Å². The smallest absolute Gasteiger partial charge is 0.261 e. The summed E-state index contributed by atoms with van der Waals surface area (Å²) in [5.41, 5.74) is 7.93. The fourth-order valence-electron chi connectivity index (χ4n) is 1.49. The number of nitrogens with zero attached hydrogens (tertiary/aromatic N) is 2. The monoisotopic (exact) mass is 308 g/mol. The van der Waals surface area contributed by atoms with Crippen molar-refractivity contribution in [1.82, 2.24) is 9.78 Å². The van der Waals surface area contributed by atoms with Crippen LogP contribution in [0.5, 0.6) is 0 Å². The lowest BCUT2D eigenvalue weighted by Gasteiger charge is -2.06. The first kappa shape index (κ1) is 12.6. The van der Waals surface area contributed by atoms with Crippen LogP contribution in [0.3, 0.4) is 0 Å². The molecule has 1 aromatic carbocycles. The zero-order chi connectivity index (χ0) is 13.3. The van der Waals surface area contributed by atoms with Crippen molar-refractivity contribution in [3.05, 3.63) is 40.0 Å². The lowest BCUT2D eigenvalue weighted by atomic mass is 10.2. The highest BCUT2D eigenvalue weighted by Gasteiger charge is 2.13. The highest BCUT2D eigenvalue weighted by molar-refractivity contribution is 9.10. The van der Waals surface area contributed by atoms with E-state index in [4.69, 9.17) is 5.73 Å². The van der Waals surface area contributed by atoms with Gasteiger partial charge in [0.1, 0.15) is 11.4 Å². The summed E-state index contributed by atoms with van der Waals surface area (Å²) < 4.78 is 2.40. The van der Waals surface area contributed by atoms with Gasteiger partial charge in [0.2, 0.25) is 0 Å². The minimum Gasteiger partial charge on any atom is -0.383 e. The second-order valence-electron chi connectivity index (χ2n) is 3.99. The van der Waals surface area contributed by atoms with Crippen LogP contribution in [0, 0.1) is 6.92 Å². The largest absolute Gasteiger partial charge is 0.383 e. The molecule has 1 aromatic heterocycles. The number of amides is 1. The molecule has 0 saturated carbocycles. The van der Waals surface area contributed by atoms with Crippen molar-refractivity contribution in [3.63, 3.8) is 0 Å². The van der Waals surface area contributed by atoms with Gasteiger partial charge in [-0.2, -0.15) is 5.10 Å². The highest BCUT2D eigenvalue weighted by Crippen LogP contribution is 2.21. The second-order valence-corrected chi connectivity index (χ2v) is 4.84. The van der Waals surface area contributed by atoms with E-state index >= 15 is 0 Å². The summed E-state index contributed by atoms with van der Waals surface area (Å²) in [5, 5.41) is 6.71. The Labute approximate surface area is 113 Å². The maximum Gasteiger partial charge on any atom is 0.261 e. The second kappa shape index (κ2) is 4.81. The quantitative estimate of drug-likeness (QED) is 0.894. The van der Waals surface area contributed by atoms with E-state index in [9.17, 15) is 4.79 Å². The molecule has 1 amide bonds. The number of nitrogens with two attached hydrogens (primary N) is 1. The summed E-state index contributed by atoms with van der Waals surface area (Å²) in [5.74, 6) is 0.0787. The van der Waals surface area contributed by atoms with E-state index in [0.717, 1.165) is 10.0 Å². The number of hydrogen-bond donors (Lipinski definition) is 2. The zero-order valence-electron chi connectivity index (χ0n) is 10.1. The summed E-state index contributed by atoms with van der Waals surface area (Å²) in [6.45, 7) is 1.98. The summed E-state index contributed by atoms with van der Waals surface area (Å²) in [6, 6.07) is 5.61. The van der Waals surface area contributed by atoms with Gasteiger partial charge in [-0.3, -0.25) is 9.48 Å². The normalized spacial score (nSPS) is 10.4. The minimum absolute atomic E-state index is 0.267. The van der Waals surface area contributed by atoms with E-state index < -0.39 is 0 Å². The molecule has 0 bridgehead atoms. The molecule has 94 valence electrons. The van der Waals surface area contributed by atoms with Crippen LogP contribution in [0.2, 0.25) is 0 Å². The number of benzene rings is 1. The lowest BCUT2D eigenvalue weighted by molar-refractivity contribution is 0.102. The number of carbonyl (C=O) groups is 1. The van der Waals surface area contributed by atoms with Gasteiger partial charge in [0.05, 0.1) is 6.20 Å². The van der Waals surface area contributed by atoms with Gasteiger partial charge in [-0.1, -0.05) is 22.0 Å². The Hall–Kier alpha value is -1.82. The predicted octanol–water partition coefficient (Wildman–Crippen LogP) is 2.33. The third-order valence-corrected chi connectivity index (χ3v) is 3.51. The molecular weight excluding hydrogens is 296 g/mol. The number of aryl methyl sites for hydroxylation is 2. The SMILES string of the molecule is Cc1ccc(NC(=O)c2cnn(C)c2N)cc1Br. The summed E-state index contributed by atoms with van der Waals surface area (Å²) >= 11 is 3.42. The third-order valence-electron chi connectivity index (χ3n) is 2.66. The molecule has 2 rings (SSSR count). The van der Waals surface area contributed by atoms with Gasteiger partial charge in [0, 0.05) is 17.2 Å². The molecule has 0 unspecified atom stereocenters. The number of halogens is 1. The number of anilines is 2. The number of nitrogens with one attached hydrogen (secondary N) is 1. The number of rotatable bonds is 2. The number of hydrogen-bond acceptors (Lipinski definition) is 3. The fraction of sp³-hybridized carbons (Fsp3) is 0.167. The Balaban J connectivity index is 2.21. The van der Waals surface area contributed by atoms with Crippen LogP contribution >= 0.6 is 15.9 Å². The van der Waals surface area contributed by atoms with E-state index in [1.54, 1.807) is 7.05 Å². The predicted molar refractivity (Wildman–Crippen MR) is 74.5 cm³/mol. The molecule has 0 spiro atoms. The Morgan fingerprint density at radius 3 is 2.78 bits per heavy atom. The van der Waals surface area contributed by atoms with E-state index in [1.807, 2.05) is 25.1 Å². The highest BCUT2D eigenvalue weighted by atomic mass is 79.9. The standard InChI is InChI=1S/C12H13BrN4O/c1-7-3-4-8(5-10(7)13)16-12(18)9-6-15-17(2)11(9)14/h3-6H,14H2,1-2H3,(H,16,18). The van der Waals surface area contributed by atoms with Gasteiger partial charge in [-0.25, -0.2) is 0 Å². The first-order chi connectivity index (χ1) is 8.49. The first-order valence-corrected chi connectivity index (χ1v) is 6.13. The van der Waals surface area contributed by atoms with Gasteiger partial charge in [0.25, 0.3) is 5.91 Å². The van der Waals surface area contributed by atoms with Crippen LogP contribution in [0.4, 0.5) is 11.5 Å². The summed E-state index contributed by atoms with van der Waals surface area (Å²) in [6.07, 6.45) is 1.45. The molecule has 0 saturated heterocycles.